The third-order valence-electron chi connectivity index (χ3n) is 3.16. The van der Waals surface area contributed by atoms with Crippen molar-refractivity contribution in [3.8, 4) is 17.2 Å². The fourth-order valence-corrected chi connectivity index (χ4v) is 2.03. The van der Waals surface area contributed by atoms with Crippen LogP contribution in [0.25, 0.3) is 11.5 Å². The Kier molecular flexibility index (Phi) is 4.18. The summed E-state index contributed by atoms with van der Waals surface area (Å²) < 4.78 is 37.7. The van der Waals surface area contributed by atoms with E-state index >= 15 is 0 Å². The Hall–Kier alpha value is -2.96. The summed E-state index contributed by atoms with van der Waals surface area (Å²) in [4.78, 5) is 0. The van der Waals surface area contributed by atoms with E-state index in [9.17, 15) is 8.78 Å². The zero-order chi connectivity index (χ0) is 16.2. The molecule has 3 rings (SSSR count). The van der Waals surface area contributed by atoms with Crippen LogP contribution in [0.3, 0.4) is 0 Å². The molecule has 0 spiro atoms. The smallest absolute Gasteiger partial charge is 0.247 e. The van der Waals surface area contributed by atoms with E-state index in [1.54, 1.807) is 31.4 Å². The second-order valence-corrected chi connectivity index (χ2v) is 4.68. The van der Waals surface area contributed by atoms with Crippen LogP contribution in [0, 0.1) is 11.6 Å². The van der Waals surface area contributed by atoms with Gasteiger partial charge >= 0.3 is 0 Å². The minimum atomic E-state index is -0.683. The number of hydrogen-bond acceptors (Lipinski definition) is 5. The Morgan fingerprint density at radius 2 is 1.83 bits per heavy atom. The first-order valence-corrected chi connectivity index (χ1v) is 6.82. The maximum Gasteiger partial charge on any atom is 0.247 e. The van der Waals surface area contributed by atoms with Crippen molar-refractivity contribution in [1.29, 1.82) is 0 Å². The normalized spacial score (nSPS) is 10.6. The van der Waals surface area contributed by atoms with Gasteiger partial charge in [0, 0.05) is 5.56 Å². The van der Waals surface area contributed by atoms with Crippen molar-refractivity contribution in [1.82, 2.24) is 10.2 Å². The quantitative estimate of drug-likeness (QED) is 0.778. The molecule has 0 radical (unpaired) electrons. The number of para-hydroxylation sites is 1. The average molecular weight is 317 g/mol. The van der Waals surface area contributed by atoms with Crippen LogP contribution >= 0.6 is 0 Å². The number of anilines is 1. The van der Waals surface area contributed by atoms with Gasteiger partial charge in [-0.05, 0) is 30.3 Å². The van der Waals surface area contributed by atoms with Crippen LogP contribution in [-0.2, 0) is 6.54 Å². The average Bonchev–Trinajstić information content (AvgIpc) is 3.03. The van der Waals surface area contributed by atoms with Crippen LogP contribution in [0.1, 0.15) is 5.89 Å². The topological polar surface area (TPSA) is 60.2 Å². The molecule has 5 nitrogen and oxygen atoms in total. The fourth-order valence-electron chi connectivity index (χ4n) is 2.03. The van der Waals surface area contributed by atoms with Gasteiger partial charge in [0.15, 0.2) is 0 Å². The van der Waals surface area contributed by atoms with Gasteiger partial charge in [0.05, 0.1) is 13.7 Å². The lowest BCUT2D eigenvalue weighted by molar-refractivity contribution is 0.414. The molecule has 118 valence electrons. The van der Waals surface area contributed by atoms with E-state index in [1.165, 1.54) is 18.2 Å². The van der Waals surface area contributed by atoms with Gasteiger partial charge in [0.25, 0.3) is 0 Å². The molecule has 0 saturated heterocycles. The third-order valence-corrected chi connectivity index (χ3v) is 3.16. The Bertz CT molecular complexity index is 800. The first-order chi connectivity index (χ1) is 11.2. The van der Waals surface area contributed by atoms with Gasteiger partial charge in [0.2, 0.25) is 11.8 Å². The van der Waals surface area contributed by atoms with E-state index in [-0.39, 0.29) is 18.1 Å². The Morgan fingerprint density at radius 3 is 2.57 bits per heavy atom. The van der Waals surface area contributed by atoms with Gasteiger partial charge in [-0.3, -0.25) is 0 Å². The Labute approximate surface area is 130 Å². The maximum atomic E-state index is 13.5. The molecule has 1 heterocycles. The van der Waals surface area contributed by atoms with Crippen LogP contribution < -0.4 is 10.1 Å². The molecular formula is C16H13F2N3O2. The number of benzene rings is 2. The molecular weight excluding hydrogens is 304 g/mol. The highest BCUT2D eigenvalue weighted by Crippen LogP contribution is 2.23. The molecule has 7 heteroatoms. The summed E-state index contributed by atoms with van der Waals surface area (Å²) in [6, 6.07) is 10.8. The van der Waals surface area contributed by atoms with Crippen molar-refractivity contribution in [2.24, 2.45) is 0 Å². The van der Waals surface area contributed by atoms with Crippen molar-refractivity contribution in [3.63, 3.8) is 0 Å². The van der Waals surface area contributed by atoms with E-state index in [4.69, 9.17) is 9.15 Å². The molecule has 3 aromatic rings. The Balaban J connectivity index is 1.75. The van der Waals surface area contributed by atoms with Gasteiger partial charge in [0.1, 0.15) is 23.1 Å². The maximum absolute atomic E-state index is 13.5. The van der Waals surface area contributed by atoms with Gasteiger partial charge in [-0.1, -0.05) is 12.1 Å². The molecule has 0 aliphatic carbocycles. The highest BCUT2D eigenvalue weighted by molar-refractivity contribution is 5.55. The highest BCUT2D eigenvalue weighted by Gasteiger charge is 2.12. The lowest BCUT2D eigenvalue weighted by Crippen LogP contribution is -2.04. The molecule has 2 aromatic carbocycles. The second kappa shape index (κ2) is 6.43. The molecule has 1 N–H and O–H groups in total. The molecule has 0 amide bonds. The predicted molar refractivity (Wildman–Crippen MR) is 80.0 cm³/mol. The van der Waals surface area contributed by atoms with Gasteiger partial charge in [-0.15, -0.1) is 10.2 Å². The molecule has 0 atom stereocenters. The predicted octanol–water partition coefficient (Wildman–Crippen LogP) is 3.64. The minimum absolute atomic E-state index is 0.00875. The number of hydrogen-bond donors (Lipinski definition) is 1. The third kappa shape index (κ3) is 3.28. The lowest BCUT2D eigenvalue weighted by atomic mass is 10.2. The molecule has 0 unspecified atom stereocenters. The molecule has 0 fully saturated rings. The largest absolute Gasteiger partial charge is 0.497 e. The number of nitrogens with zero attached hydrogens (tertiary/aromatic N) is 2. The van der Waals surface area contributed by atoms with E-state index in [2.05, 4.69) is 15.5 Å². The lowest BCUT2D eigenvalue weighted by Gasteiger charge is -2.05. The number of methoxy groups -OCH3 is 1. The van der Waals surface area contributed by atoms with Crippen LogP contribution in [0.15, 0.2) is 46.9 Å². The van der Waals surface area contributed by atoms with Gasteiger partial charge < -0.3 is 14.5 Å². The van der Waals surface area contributed by atoms with Crippen LogP contribution in [0.4, 0.5) is 14.5 Å². The summed E-state index contributed by atoms with van der Waals surface area (Å²) in [5, 5.41) is 10.4. The van der Waals surface area contributed by atoms with Gasteiger partial charge in [-0.25, -0.2) is 8.78 Å². The first kappa shape index (κ1) is 15.0. The summed E-state index contributed by atoms with van der Waals surface area (Å²) in [6.45, 7) is 0.00875. The van der Waals surface area contributed by atoms with Crippen molar-refractivity contribution < 1.29 is 17.9 Å². The van der Waals surface area contributed by atoms with Crippen LogP contribution in [0.2, 0.25) is 0 Å². The first-order valence-electron chi connectivity index (χ1n) is 6.82. The molecule has 0 aliphatic heterocycles. The SMILES string of the molecule is COc1cccc(-c2nnc(CNc3c(F)cccc3F)o2)c1. The summed E-state index contributed by atoms with van der Waals surface area (Å²) >= 11 is 0. The number of ether oxygens (including phenoxy) is 1. The zero-order valence-corrected chi connectivity index (χ0v) is 12.2. The zero-order valence-electron chi connectivity index (χ0n) is 12.2. The van der Waals surface area contributed by atoms with Crippen LogP contribution in [-0.4, -0.2) is 17.3 Å². The Morgan fingerprint density at radius 1 is 1.09 bits per heavy atom. The molecule has 0 aliphatic rings. The van der Waals surface area contributed by atoms with E-state index < -0.39 is 11.6 Å². The molecule has 23 heavy (non-hydrogen) atoms. The number of halogens is 2. The van der Waals surface area contributed by atoms with E-state index in [0.717, 1.165) is 0 Å². The molecule has 0 saturated carbocycles. The summed E-state index contributed by atoms with van der Waals surface area (Å²) in [6.07, 6.45) is 0. The summed E-state index contributed by atoms with van der Waals surface area (Å²) in [7, 11) is 1.56. The number of nitrogens with one attached hydrogen (secondary N) is 1. The minimum Gasteiger partial charge on any atom is -0.497 e. The van der Waals surface area contributed by atoms with E-state index in [1.807, 2.05) is 0 Å². The molecule has 1 aromatic heterocycles. The fraction of sp³-hybridized carbons (Fsp3) is 0.125. The van der Waals surface area contributed by atoms with Crippen molar-refractivity contribution in [3.05, 3.63) is 60.0 Å². The van der Waals surface area contributed by atoms with Crippen LogP contribution in [0.5, 0.6) is 5.75 Å². The number of rotatable bonds is 5. The molecule has 0 bridgehead atoms. The van der Waals surface area contributed by atoms with Crippen molar-refractivity contribution in [2.75, 3.05) is 12.4 Å². The standard InChI is InChI=1S/C16H13F2N3O2/c1-22-11-5-2-4-10(8-11)16-21-20-14(23-16)9-19-15-12(17)6-3-7-13(15)18/h2-8,19H,9H2,1H3. The highest BCUT2D eigenvalue weighted by atomic mass is 19.1. The second-order valence-electron chi connectivity index (χ2n) is 4.68. The monoisotopic (exact) mass is 317 g/mol. The van der Waals surface area contributed by atoms with Crippen molar-refractivity contribution in [2.45, 2.75) is 6.54 Å². The number of aromatic nitrogens is 2. The van der Waals surface area contributed by atoms with Crippen molar-refractivity contribution >= 4 is 5.69 Å². The summed E-state index contributed by atoms with van der Waals surface area (Å²) in [5.74, 6) is -0.191. The van der Waals surface area contributed by atoms with E-state index in [0.29, 0.717) is 17.2 Å². The summed E-state index contributed by atoms with van der Waals surface area (Å²) in [5.41, 5.74) is 0.466. The van der Waals surface area contributed by atoms with Gasteiger partial charge in [-0.2, -0.15) is 0 Å².